The molecule has 0 aliphatic carbocycles. The average Bonchev–Trinajstić information content (AvgIpc) is 2.84. The molecule has 36 heavy (non-hydrogen) atoms. The number of benzene rings is 1. The molecule has 1 atom stereocenters. The standard InChI is InChI=1S/C25H31Cl2F3N4OSi/c1-5-36(6-2,7-3)35-13-9-11-18-17(10-8-12-20(18)25(28,29)30)16(4)32-23-19-14-22(26)31-15-21(19)33-24(27)34-23/h8,10,12,14-16H,5-7,9,11,13H2,1-4H3,(H,32,33,34)/t16-/m1/s1. The Morgan fingerprint density at radius 1 is 1.08 bits per heavy atom. The van der Waals surface area contributed by atoms with E-state index in [9.17, 15) is 13.2 Å². The number of nitrogens with one attached hydrogen (secondary N) is 1. The van der Waals surface area contributed by atoms with E-state index in [4.69, 9.17) is 27.6 Å². The van der Waals surface area contributed by atoms with Gasteiger partial charge in [-0.15, -0.1) is 0 Å². The van der Waals surface area contributed by atoms with E-state index in [1.54, 1.807) is 19.1 Å². The number of hydrogen-bond acceptors (Lipinski definition) is 5. The lowest BCUT2D eigenvalue weighted by molar-refractivity contribution is -0.138. The fourth-order valence-corrected chi connectivity index (χ4v) is 7.54. The van der Waals surface area contributed by atoms with Gasteiger partial charge in [0, 0.05) is 12.0 Å². The fourth-order valence-electron chi connectivity index (χ4n) is 4.52. The van der Waals surface area contributed by atoms with Gasteiger partial charge in [-0.3, -0.25) is 0 Å². The topological polar surface area (TPSA) is 59.9 Å². The van der Waals surface area contributed by atoms with E-state index in [-0.39, 0.29) is 22.4 Å². The molecule has 1 N–H and O–H groups in total. The van der Waals surface area contributed by atoms with Gasteiger partial charge in [-0.25, -0.2) is 15.0 Å². The van der Waals surface area contributed by atoms with Crippen molar-refractivity contribution in [2.24, 2.45) is 0 Å². The Kier molecular flexibility index (Phi) is 9.60. The largest absolute Gasteiger partial charge is 0.417 e. The molecule has 0 aliphatic rings. The van der Waals surface area contributed by atoms with Crippen LogP contribution in [0.2, 0.25) is 28.6 Å². The molecule has 2 heterocycles. The van der Waals surface area contributed by atoms with E-state index in [1.165, 1.54) is 12.3 Å². The Bertz CT molecular complexity index is 1180. The van der Waals surface area contributed by atoms with Crippen LogP contribution in [0.1, 0.15) is 56.8 Å². The van der Waals surface area contributed by atoms with Crippen molar-refractivity contribution in [3.63, 3.8) is 0 Å². The summed E-state index contributed by atoms with van der Waals surface area (Å²) in [5.41, 5.74) is 0.648. The lowest BCUT2D eigenvalue weighted by atomic mass is 9.92. The Balaban J connectivity index is 1.91. The van der Waals surface area contributed by atoms with E-state index in [2.05, 4.69) is 41.0 Å². The van der Waals surface area contributed by atoms with Crippen molar-refractivity contribution < 1.29 is 17.6 Å². The molecule has 11 heteroatoms. The first-order valence-electron chi connectivity index (χ1n) is 12.1. The van der Waals surface area contributed by atoms with Gasteiger partial charge in [0.05, 0.1) is 23.3 Å². The Labute approximate surface area is 220 Å². The van der Waals surface area contributed by atoms with Crippen molar-refractivity contribution >= 4 is 48.2 Å². The average molecular weight is 560 g/mol. The number of halogens is 5. The molecular weight excluding hydrogens is 528 g/mol. The maximum absolute atomic E-state index is 14.0. The van der Waals surface area contributed by atoms with Crippen LogP contribution in [0.25, 0.3) is 10.9 Å². The normalized spacial score (nSPS) is 13.2. The minimum Gasteiger partial charge on any atom is -0.417 e. The van der Waals surface area contributed by atoms with E-state index in [0.29, 0.717) is 35.3 Å². The second-order valence-electron chi connectivity index (χ2n) is 8.80. The first kappa shape index (κ1) is 28.6. The molecule has 0 bridgehead atoms. The molecule has 1 aromatic carbocycles. The summed E-state index contributed by atoms with van der Waals surface area (Å²) in [6.45, 7) is 8.65. The number of nitrogens with zero attached hydrogens (tertiary/aromatic N) is 3. The number of aromatic nitrogens is 3. The molecular formula is C25H31Cl2F3N4OSi. The van der Waals surface area contributed by atoms with Crippen LogP contribution in [0, 0.1) is 0 Å². The van der Waals surface area contributed by atoms with E-state index in [1.807, 2.05) is 0 Å². The summed E-state index contributed by atoms with van der Waals surface area (Å²) in [6, 6.07) is 8.38. The van der Waals surface area contributed by atoms with Crippen molar-refractivity contribution in [1.29, 1.82) is 0 Å². The summed E-state index contributed by atoms with van der Waals surface area (Å²) in [5, 5.41) is 4.04. The summed E-state index contributed by atoms with van der Waals surface area (Å²) < 4.78 is 48.2. The van der Waals surface area contributed by atoms with Gasteiger partial charge in [-0.2, -0.15) is 13.2 Å². The highest BCUT2D eigenvalue weighted by Gasteiger charge is 2.35. The van der Waals surface area contributed by atoms with Gasteiger partial charge in [0.2, 0.25) is 5.28 Å². The zero-order chi connectivity index (χ0) is 26.5. The van der Waals surface area contributed by atoms with Crippen LogP contribution in [-0.2, 0) is 17.0 Å². The Morgan fingerprint density at radius 2 is 1.78 bits per heavy atom. The maximum Gasteiger partial charge on any atom is 0.416 e. The smallest absolute Gasteiger partial charge is 0.416 e. The van der Waals surface area contributed by atoms with Gasteiger partial charge < -0.3 is 9.74 Å². The third-order valence-corrected chi connectivity index (χ3v) is 11.8. The van der Waals surface area contributed by atoms with Crippen molar-refractivity contribution in [3.8, 4) is 0 Å². The molecule has 0 unspecified atom stereocenters. The molecule has 0 fully saturated rings. The molecule has 3 aromatic rings. The van der Waals surface area contributed by atoms with Crippen molar-refractivity contribution in [3.05, 3.63) is 57.6 Å². The van der Waals surface area contributed by atoms with Gasteiger partial charge in [-0.05, 0) is 72.8 Å². The molecule has 0 saturated carbocycles. The summed E-state index contributed by atoms with van der Waals surface area (Å²) in [6.07, 6.45) is -2.24. The van der Waals surface area contributed by atoms with Gasteiger partial charge in [0.1, 0.15) is 11.0 Å². The molecule has 0 amide bonds. The third-order valence-electron chi connectivity index (χ3n) is 6.77. The lowest BCUT2D eigenvalue weighted by Crippen LogP contribution is -2.36. The van der Waals surface area contributed by atoms with Gasteiger partial charge in [0.25, 0.3) is 0 Å². The fraction of sp³-hybridized carbons (Fsp3) is 0.480. The van der Waals surface area contributed by atoms with Crippen LogP contribution in [0.15, 0.2) is 30.5 Å². The van der Waals surface area contributed by atoms with Crippen LogP contribution in [-0.4, -0.2) is 29.9 Å². The number of anilines is 1. The van der Waals surface area contributed by atoms with Gasteiger partial charge in [-0.1, -0.05) is 44.5 Å². The van der Waals surface area contributed by atoms with E-state index < -0.39 is 26.1 Å². The molecule has 196 valence electrons. The van der Waals surface area contributed by atoms with Gasteiger partial charge >= 0.3 is 6.18 Å². The van der Waals surface area contributed by atoms with E-state index in [0.717, 1.165) is 24.2 Å². The Morgan fingerprint density at radius 3 is 2.42 bits per heavy atom. The molecule has 5 nitrogen and oxygen atoms in total. The summed E-state index contributed by atoms with van der Waals surface area (Å²) >= 11 is 12.1. The maximum atomic E-state index is 14.0. The number of alkyl halides is 3. The monoisotopic (exact) mass is 558 g/mol. The molecule has 2 aromatic heterocycles. The summed E-state index contributed by atoms with van der Waals surface area (Å²) in [7, 11) is -1.81. The zero-order valence-corrected chi connectivity index (χ0v) is 23.4. The summed E-state index contributed by atoms with van der Waals surface area (Å²) in [5.74, 6) is 0.373. The first-order chi connectivity index (χ1) is 17.0. The molecule has 0 aliphatic heterocycles. The predicted molar refractivity (Wildman–Crippen MR) is 142 cm³/mol. The van der Waals surface area contributed by atoms with Crippen LogP contribution in [0.3, 0.4) is 0 Å². The molecule has 0 spiro atoms. The second kappa shape index (κ2) is 12.1. The first-order valence-corrected chi connectivity index (χ1v) is 15.4. The van der Waals surface area contributed by atoms with Crippen molar-refractivity contribution in [1.82, 2.24) is 15.0 Å². The Hall–Kier alpha value is -1.94. The number of pyridine rings is 1. The van der Waals surface area contributed by atoms with Crippen molar-refractivity contribution in [2.45, 2.75) is 70.9 Å². The highest BCUT2D eigenvalue weighted by molar-refractivity contribution is 6.73. The SMILES string of the molecule is CC[Si](CC)(CC)OCCCc1c([C@@H](C)Nc2nc(Cl)nc3cnc(Cl)cc23)cccc1C(F)(F)F. The highest BCUT2D eigenvalue weighted by atomic mass is 35.5. The number of rotatable bonds is 11. The van der Waals surface area contributed by atoms with Crippen LogP contribution >= 0.6 is 23.2 Å². The number of fused-ring (bicyclic) bond motifs is 1. The van der Waals surface area contributed by atoms with Crippen molar-refractivity contribution in [2.75, 3.05) is 11.9 Å². The van der Waals surface area contributed by atoms with Crippen LogP contribution in [0.5, 0.6) is 0 Å². The van der Waals surface area contributed by atoms with Crippen LogP contribution in [0.4, 0.5) is 19.0 Å². The molecule has 0 radical (unpaired) electrons. The lowest BCUT2D eigenvalue weighted by Gasteiger charge is -2.28. The highest BCUT2D eigenvalue weighted by Crippen LogP contribution is 2.37. The zero-order valence-electron chi connectivity index (χ0n) is 20.8. The molecule has 3 rings (SSSR count). The van der Waals surface area contributed by atoms with Crippen LogP contribution < -0.4 is 5.32 Å². The minimum atomic E-state index is -4.47. The quantitative estimate of drug-likeness (QED) is 0.111. The molecule has 0 saturated heterocycles. The second-order valence-corrected chi connectivity index (χ2v) is 14.3. The third kappa shape index (κ3) is 6.68. The number of hydrogen-bond donors (Lipinski definition) is 1. The summed E-state index contributed by atoms with van der Waals surface area (Å²) in [4.78, 5) is 12.4. The predicted octanol–water partition coefficient (Wildman–Crippen LogP) is 8.48. The van der Waals surface area contributed by atoms with Gasteiger partial charge in [0.15, 0.2) is 8.32 Å². The van der Waals surface area contributed by atoms with E-state index >= 15 is 0 Å². The minimum absolute atomic E-state index is 0.00170.